The summed E-state index contributed by atoms with van der Waals surface area (Å²) >= 11 is 0. The fraction of sp³-hybridized carbons (Fsp3) is 0.343. The third-order valence-corrected chi connectivity index (χ3v) is 9.60. The van der Waals surface area contributed by atoms with Gasteiger partial charge in [0.25, 0.3) is 0 Å². The van der Waals surface area contributed by atoms with Crippen molar-refractivity contribution in [3.63, 3.8) is 0 Å². The second-order valence-corrected chi connectivity index (χ2v) is 11.6. The molecule has 9 nitrogen and oxygen atoms in total. The van der Waals surface area contributed by atoms with Crippen molar-refractivity contribution in [3.8, 4) is 5.75 Å². The predicted molar refractivity (Wildman–Crippen MR) is 159 cm³/mol. The molecule has 2 fully saturated rings. The molecule has 0 spiro atoms. The Kier molecular flexibility index (Phi) is 7.34. The molecule has 3 aliphatic heterocycles. The Morgan fingerprint density at radius 3 is 2.00 bits per heavy atom. The number of nitrogens with one attached hydrogen (secondary N) is 1. The van der Waals surface area contributed by atoms with E-state index in [0.29, 0.717) is 17.9 Å². The Bertz CT molecular complexity index is 1590. The smallest absolute Gasteiger partial charge is 0.327 e. The van der Waals surface area contributed by atoms with E-state index in [1.165, 1.54) is 21.3 Å². The molecule has 2 bridgehead atoms. The van der Waals surface area contributed by atoms with Crippen molar-refractivity contribution in [1.82, 2.24) is 5.32 Å². The number of methoxy groups -OCH3 is 3. The highest BCUT2D eigenvalue weighted by atomic mass is 16.6. The largest absolute Gasteiger partial charge is 0.489 e. The maximum Gasteiger partial charge on any atom is 0.327 e. The molecule has 6 atom stereocenters. The minimum atomic E-state index is -1.94. The van der Waals surface area contributed by atoms with Gasteiger partial charge in [-0.3, -0.25) is 19.7 Å². The first-order valence-electron chi connectivity index (χ1n) is 14.4. The Balaban J connectivity index is 1.49. The zero-order chi connectivity index (χ0) is 31.2. The maximum absolute atomic E-state index is 14.5. The Hall–Kier alpha value is -4.47. The van der Waals surface area contributed by atoms with Gasteiger partial charge < -0.3 is 23.7 Å². The average Bonchev–Trinajstić information content (AvgIpc) is 3.69. The zero-order valence-electron chi connectivity index (χ0n) is 25.1. The van der Waals surface area contributed by atoms with Crippen LogP contribution in [0.1, 0.15) is 29.7 Å². The van der Waals surface area contributed by atoms with Crippen LogP contribution in [0.3, 0.4) is 0 Å². The second kappa shape index (κ2) is 10.9. The van der Waals surface area contributed by atoms with Crippen LogP contribution in [0.5, 0.6) is 5.75 Å². The van der Waals surface area contributed by atoms with E-state index in [2.05, 4.69) is 5.32 Å². The summed E-state index contributed by atoms with van der Waals surface area (Å²) in [6.07, 6.45) is 2.79. The van der Waals surface area contributed by atoms with Gasteiger partial charge in [-0.25, -0.2) is 0 Å². The summed E-state index contributed by atoms with van der Waals surface area (Å²) in [6.45, 7) is 1.99. The summed E-state index contributed by atoms with van der Waals surface area (Å²) in [6, 6.07) is 25.6. The van der Waals surface area contributed by atoms with Gasteiger partial charge in [0.15, 0.2) is 0 Å². The molecule has 0 radical (unpaired) electrons. The van der Waals surface area contributed by atoms with Gasteiger partial charge in [0.2, 0.25) is 0 Å². The molecule has 0 unspecified atom stereocenters. The van der Waals surface area contributed by atoms with Crippen molar-refractivity contribution in [2.45, 2.75) is 43.2 Å². The Morgan fingerprint density at radius 1 is 0.773 bits per heavy atom. The lowest BCUT2D eigenvalue weighted by molar-refractivity contribution is -0.189. The lowest BCUT2D eigenvalue weighted by Gasteiger charge is -2.51. The number of ether oxygens (including phenoxy) is 5. The van der Waals surface area contributed by atoms with E-state index in [1.54, 1.807) is 19.1 Å². The zero-order valence-corrected chi connectivity index (χ0v) is 25.1. The van der Waals surface area contributed by atoms with Gasteiger partial charge in [-0.05, 0) is 35.7 Å². The van der Waals surface area contributed by atoms with Gasteiger partial charge in [-0.1, -0.05) is 84.9 Å². The summed E-state index contributed by atoms with van der Waals surface area (Å²) < 4.78 is 29.1. The van der Waals surface area contributed by atoms with E-state index in [0.717, 1.165) is 11.1 Å². The Morgan fingerprint density at radius 2 is 1.39 bits per heavy atom. The fourth-order valence-corrected chi connectivity index (χ4v) is 7.94. The van der Waals surface area contributed by atoms with Gasteiger partial charge in [0, 0.05) is 6.42 Å². The van der Waals surface area contributed by atoms with Crippen LogP contribution in [0.15, 0.2) is 97.1 Å². The number of carbonyl (C=O) groups is 3. The summed E-state index contributed by atoms with van der Waals surface area (Å²) in [5, 5.41) is 3.39. The van der Waals surface area contributed by atoms with Crippen molar-refractivity contribution in [3.05, 3.63) is 114 Å². The molecule has 0 aliphatic carbocycles. The van der Waals surface area contributed by atoms with Crippen molar-refractivity contribution in [2.75, 3.05) is 21.3 Å². The highest BCUT2D eigenvalue weighted by Gasteiger charge is 2.93. The van der Waals surface area contributed by atoms with Crippen LogP contribution in [0.2, 0.25) is 0 Å². The van der Waals surface area contributed by atoms with Gasteiger partial charge in [0.1, 0.15) is 34.3 Å². The summed E-state index contributed by atoms with van der Waals surface area (Å²) in [5.74, 6) is -1.54. The van der Waals surface area contributed by atoms with Crippen molar-refractivity contribution < 1.29 is 38.1 Å². The van der Waals surface area contributed by atoms with E-state index in [4.69, 9.17) is 23.7 Å². The van der Waals surface area contributed by atoms with Gasteiger partial charge >= 0.3 is 17.9 Å². The topological polar surface area (TPSA) is 109 Å². The van der Waals surface area contributed by atoms with Crippen LogP contribution in [0, 0.1) is 10.8 Å². The number of rotatable bonds is 9. The number of fused-ring (bicyclic) bond motifs is 5. The molecule has 3 heterocycles. The van der Waals surface area contributed by atoms with Crippen LogP contribution in [-0.2, 0) is 46.4 Å². The molecule has 9 heteroatoms. The molecule has 6 rings (SSSR count). The minimum absolute atomic E-state index is 0.141. The first kappa shape index (κ1) is 29.6. The van der Waals surface area contributed by atoms with Crippen molar-refractivity contribution >= 4 is 17.9 Å². The van der Waals surface area contributed by atoms with Crippen LogP contribution in [0.4, 0.5) is 0 Å². The maximum atomic E-state index is 14.5. The molecule has 0 amide bonds. The first-order valence-corrected chi connectivity index (χ1v) is 14.4. The molecule has 1 N–H and O–H groups in total. The van der Waals surface area contributed by atoms with Crippen molar-refractivity contribution in [1.29, 1.82) is 0 Å². The van der Waals surface area contributed by atoms with Crippen LogP contribution < -0.4 is 10.1 Å². The number of carbonyl (C=O) groups excluding carboxylic acids is 3. The molecule has 2 saturated heterocycles. The highest BCUT2D eigenvalue weighted by Crippen LogP contribution is 2.75. The van der Waals surface area contributed by atoms with Gasteiger partial charge in [-0.2, -0.15) is 0 Å². The molecule has 44 heavy (non-hydrogen) atoms. The lowest BCUT2D eigenvalue weighted by atomic mass is 9.46. The van der Waals surface area contributed by atoms with Crippen LogP contribution in [-0.4, -0.2) is 56.5 Å². The number of hydrogen-bond acceptors (Lipinski definition) is 9. The number of esters is 3. The first-order chi connectivity index (χ1) is 21.2. The van der Waals surface area contributed by atoms with Crippen LogP contribution >= 0.6 is 0 Å². The molecule has 3 aromatic carbocycles. The second-order valence-electron chi connectivity index (χ2n) is 11.6. The summed E-state index contributed by atoms with van der Waals surface area (Å²) in [7, 11) is 3.77. The predicted octanol–water partition coefficient (Wildman–Crippen LogP) is 4.11. The summed E-state index contributed by atoms with van der Waals surface area (Å²) in [5.41, 5.74) is -4.43. The molecule has 3 aliphatic rings. The van der Waals surface area contributed by atoms with E-state index in [-0.39, 0.29) is 6.42 Å². The third-order valence-electron chi connectivity index (χ3n) is 9.60. The van der Waals surface area contributed by atoms with Crippen LogP contribution in [0.25, 0.3) is 0 Å². The average molecular weight is 598 g/mol. The SMILES string of the molecule is COC(=O)[C@@]12[C@H]3C=C[C@](Cc4ccc(OCc5ccccc5)cc4)(O3)[C@]1(C(=O)OC)[C@@](C)(C(=O)OC)N[C@H]2c1ccccc1. The van der Waals surface area contributed by atoms with Gasteiger partial charge in [-0.15, -0.1) is 0 Å². The Labute approximate surface area is 256 Å². The number of benzene rings is 3. The van der Waals surface area contributed by atoms with Crippen molar-refractivity contribution in [2.24, 2.45) is 10.8 Å². The lowest BCUT2D eigenvalue weighted by Crippen LogP contribution is -2.72. The van der Waals surface area contributed by atoms with E-state index < -0.39 is 52.0 Å². The van der Waals surface area contributed by atoms with E-state index in [9.17, 15) is 14.4 Å². The monoisotopic (exact) mass is 597 g/mol. The molecule has 3 aromatic rings. The molecular weight excluding hydrogens is 562 g/mol. The third kappa shape index (κ3) is 3.82. The van der Waals surface area contributed by atoms with E-state index in [1.807, 2.05) is 84.9 Å². The molecule has 228 valence electrons. The van der Waals surface area contributed by atoms with E-state index >= 15 is 0 Å². The summed E-state index contributed by atoms with van der Waals surface area (Å²) in [4.78, 5) is 42.7. The highest BCUT2D eigenvalue weighted by molar-refractivity contribution is 6.02. The molecule has 0 aromatic heterocycles. The quantitative estimate of drug-likeness (QED) is 0.221. The molecule has 0 saturated carbocycles. The standard InChI is InChI=1S/C35H35NO8/c1-32(29(37)40-2)35(31(39)42-4)33(21-23-15-17-26(18-16-23)43-22-24-11-7-5-8-12-24)20-19-27(44-33)34(35,30(38)41-3)28(36-32)25-13-9-6-10-14-25/h5-20,27-28,36H,21-22H2,1-4H3/t27-,28+,32-,33-,34+,35+/m1/s1. The fourth-order valence-electron chi connectivity index (χ4n) is 7.94. The number of hydrogen-bond donors (Lipinski definition) is 1. The molecular formula is C35H35NO8. The van der Waals surface area contributed by atoms with Gasteiger partial charge in [0.05, 0.1) is 33.5 Å². The minimum Gasteiger partial charge on any atom is -0.489 e. The normalized spacial score (nSPS) is 31.3.